The monoisotopic (exact) mass is 179 g/mol. The van der Waals surface area contributed by atoms with Crippen molar-refractivity contribution in [3.05, 3.63) is 18.0 Å². The third kappa shape index (κ3) is 1.88. The molecular weight excluding hydrogens is 166 g/mol. The van der Waals surface area contributed by atoms with E-state index in [9.17, 15) is 4.79 Å². The normalized spacial score (nSPS) is 15.8. The van der Waals surface area contributed by atoms with Crippen LogP contribution in [0, 0.1) is 0 Å². The lowest BCUT2D eigenvalue weighted by molar-refractivity contribution is 0.239. The van der Waals surface area contributed by atoms with Gasteiger partial charge in [0.1, 0.15) is 0 Å². The first kappa shape index (κ1) is 8.29. The van der Waals surface area contributed by atoms with E-state index in [1.165, 1.54) is 4.68 Å². The molecular formula is C9H13N3O. The Bertz CT molecular complexity index is 314. The van der Waals surface area contributed by atoms with E-state index < -0.39 is 0 Å². The highest BCUT2D eigenvalue weighted by Crippen LogP contribution is 2.18. The van der Waals surface area contributed by atoms with Crippen LogP contribution >= 0.6 is 0 Å². The van der Waals surface area contributed by atoms with Crippen LogP contribution in [0.2, 0.25) is 0 Å². The molecule has 1 N–H and O–H groups in total. The molecule has 0 saturated heterocycles. The number of hydrogen-bond acceptors (Lipinski definition) is 2. The first-order valence-corrected chi connectivity index (χ1v) is 4.64. The van der Waals surface area contributed by atoms with Gasteiger partial charge in [-0.3, -0.25) is 0 Å². The minimum Gasteiger partial charge on any atom is -0.333 e. The molecule has 0 spiro atoms. The summed E-state index contributed by atoms with van der Waals surface area (Å²) in [4.78, 5) is 11.4. The molecule has 2 rings (SSSR count). The Balaban J connectivity index is 2.01. The van der Waals surface area contributed by atoms with Gasteiger partial charge >= 0.3 is 6.03 Å². The van der Waals surface area contributed by atoms with E-state index in [4.69, 9.17) is 0 Å². The van der Waals surface area contributed by atoms with Crippen molar-refractivity contribution in [1.29, 1.82) is 0 Å². The van der Waals surface area contributed by atoms with E-state index in [2.05, 4.69) is 10.4 Å². The maximum atomic E-state index is 11.4. The third-order valence-corrected chi connectivity index (χ3v) is 2.16. The Kier molecular flexibility index (Phi) is 2.04. The van der Waals surface area contributed by atoms with E-state index in [1.54, 1.807) is 12.4 Å². The van der Waals surface area contributed by atoms with Gasteiger partial charge in [0.25, 0.3) is 0 Å². The lowest BCUT2D eigenvalue weighted by atomic mass is 10.3. The molecule has 1 aliphatic rings. The molecule has 1 aliphatic carbocycles. The third-order valence-electron chi connectivity index (χ3n) is 2.16. The van der Waals surface area contributed by atoms with E-state index in [1.807, 2.05) is 6.92 Å². The molecule has 1 aromatic heterocycles. The lowest BCUT2D eigenvalue weighted by Gasteiger charge is -2.00. The average Bonchev–Trinajstić information content (AvgIpc) is 2.82. The van der Waals surface area contributed by atoms with Gasteiger partial charge in [0.2, 0.25) is 0 Å². The predicted octanol–water partition coefficient (Wildman–Crippen LogP) is 1.17. The van der Waals surface area contributed by atoms with Crippen molar-refractivity contribution in [2.24, 2.45) is 0 Å². The smallest absolute Gasteiger partial charge is 0.333 e. The highest BCUT2D eigenvalue weighted by Gasteiger charge is 2.23. The topological polar surface area (TPSA) is 46.9 Å². The summed E-state index contributed by atoms with van der Waals surface area (Å²) >= 11 is 0. The van der Waals surface area contributed by atoms with Crippen molar-refractivity contribution in [2.75, 3.05) is 0 Å². The second kappa shape index (κ2) is 3.20. The summed E-state index contributed by atoms with van der Waals surface area (Å²) in [6, 6.07) is 0.281. The average molecular weight is 179 g/mol. The number of aromatic nitrogens is 2. The fourth-order valence-corrected chi connectivity index (χ4v) is 1.12. The molecule has 0 aromatic carbocycles. The zero-order valence-electron chi connectivity index (χ0n) is 7.66. The van der Waals surface area contributed by atoms with Crippen LogP contribution in [-0.4, -0.2) is 21.9 Å². The SMILES string of the molecule is CCc1cnn(C(=O)NC2CC2)c1. The zero-order valence-corrected chi connectivity index (χ0v) is 7.66. The largest absolute Gasteiger partial charge is 0.342 e. The Hall–Kier alpha value is -1.32. The van der Waals surface area contributed by atoms with Crippen molar-refractivity contribution < 1.29 is 4.79 Å². The van der Waals surface area contributed by atoms with Crippen LogP contribution in [0.4, 0.5) is 4.79 Å². The highest BCUT2D eigenvalue weighted by molar-refractivity contribution is 5.76. The zero-order chi connectivity index (χ0) is 9.26. The van der Waals surface area contributed by atoms with Crippen LogP contribution in [-0.2, 0) is 6.42 Å². The Labute approximate surface area is 76.9 Å². The molecule has 0 atom stereocenters. The molecule has 1 aromatic rings. The van der Waals surface area contributed by atoms with Gasteiger partial charge in [-0.05, 0) is 24.8 Å². The lowest BCUT2D eigenvalue weighted by Crippen LogP contribution is -2.30. The van der Waals surface area contributed by atoms with E-state index in [0.29, 0.717) is 6.04 Å². The molecule has 0 aliphatic heterocycles. The van der Waals surface area contributed by atoms with Gasteiger partial charge in [0, 0.05) is 12.2 Å². The summed E-state index contributed by atoms with van der Waals surface area (Å²) < 4.78 is 1.37. The summed E-state index contributed by atoms with van der Waals surface area (Å²) in [5.41, 5.74) is 1.09. The van der Waals surface area contributed by atoms with Gasteiger partial charge < -0.3 is 5.32 Å². The Morgan fingerprint density at radius 3 is 3.08 bits per heavy atom. The van der Waals surface area contributed by atoms with Gasteiger partial charge in [-0.15, -0.1) is 0 Å². The number of carbonyl (C=O) groups is 1. The Morgan fingerprint density at radius 2 is 2.54 bits per heavy atom. The summed E-state index contributed by atoms with van der Waals surface area (Å²) in [5.74, 6) is 0. The molecule has 0 unspecified atom stereocenters. The summed E-state index contributed by atoms with van der Waals surface area (Å²) in [6.45, 7) is 2.04. The van der Waals surface area contributed by atoms with Gasteiger partial charge in [-0.2, -0.15) is 9.78 Å². The number of nitrogens with one attached hydrogen (secondary N) is 1. The van der Waals surface area contributed by atoms with E-state index in [0.717, 1.165) is 24.8 Å². The molecule has 0 bridgehead atoms. The van der Waals surface area contributed by atoms with Crippen LogP contribution < -0.4 is 5.32 Å². The van der Waals surface area contributed by atoms with Gasteiger partial charge in [-0.1, -0.05) is 6.92 Å². The van der Waals surface area contributed by atoms with E-state index >= 15 is 0 Å². The second-order valence-electron chi connectivity index (χ2n) is 3.37. The van der Waals surface area contributed by atoms with Crippen molar-refractivity contribution in [3.63, 3.8) is 0 Å². The fraction of sp³-hybridized carbons (Fsp3) is 0.556. The van der Waals surface area contributed by atoms with Crippen molar-refractivity contribution in [1.82, 2.24) is 15.1 Å². The van der Waals surface area contributed by atoms with Crippen LogP contribution in [0.1, 0.15) is 25.3 Å². The van der Waals surface area contributed by atoms with Crippen LogP contribution in [0.5, 0.6) is 0 Å². The summed E-state index contributed by atoms with van der Waals surface area (Å²) in [7, 11) is 0. The number of rotatable bonds is 2. The molecule has 13 heavy (non-hydrogen) atoms. The van der Waals surface area contributed by atoms with Crippen molar-refractivity contribution in [3.8, 4) is 0 Å². The number of nitrogens with zero attached hydrogens (tertiary/aromatic N) is 2. The highest BCUT2D eigenvalue weighted by atomic mass is 16.2. The first-order valence-electron chi connectivity index (χ1n) is 4.64. The van der Waals surface area contributed by atoms with Crippen LogP contribution in [0.15, 0.2) is 12.4 Å². The van der Waals surface area contributed by atoms with Crippen LogP contribution in [0.25, 0.3) is 0 Å². The standard InChI is InChI=1S/C9H13N3O/c1-2-7-5-10-12(6-7)9(13)11-8-3-4-8/h5-6,8H,2-4H2,1H3,(H,11,13). The Morgan fingerprint density at radius 1 is 1.77 bits per heavy atom. The van der Waals surface area contributed by atoms with Crippen molar-refractivity contribution >= 4 is 6.03 Å². The number of amides is 1. The summed E-state index contributed by atoms with van der Waals surface area (Å²) in [5, 5.41) is 6.84. The molecule has 4 nitrogen and oxygen atoms in total. The van der Waals surface area contributed by atoms with E-state index in [-0.39, 0.29) is 6.03 Å². The van der Waals surface area contributed by atoms with Crippen molar-refractivity contribution in [2.45, 2.75) is 32.2 Å². The minimum atomic E-state index is -0.109. The quantitative estimate of drug-likeness (QED) is 0.740. The fourth-order valence-electron chi connectivity index (χ4n) is 1.12. The molecule has 0 radical (unpaired) electrons. The molecule has 1 saturated carbocycles. The molecule has 70 valence electrons. The molecule has 1 heterocycles. The summed E-state index contributed by atoms with van der Waals surface area (Å²) in [6.07, 6.45) is 6.63. The predicted molar refractivity (Wildman–Crippen MR) is 48.6 cm³/mol. The van der Waals surface area contributed by atoms with Gasteiger partial charge in [-0.25, -0.2) is 4.79 Å². The number of aryl methyl sites for hydroxylation is 1. The first-order chi connectivity index (χ1) is 6.29. The van der Waals surface area contributed by atoms with Crippen LogP contribution in [0.3, 0.4) is 0 Å². The molecule has 4 heteroatoms. The second-order valence-corrected chi connectivity index (χ2v) is 3.37. The molecule has 1 amide bonds. The maximum Gasteiger partial charge on any atom is 0.342 e. The number of carbonyl (C=O) groups excluding carboxylic acids is 1. The maximum absolute atomic E-state index is 11.4. The minimum absolute atomic E-state index is 0.109. The van der Waals surface area contributed by atoms with Gasteiger partial charge in [0.15, 0.2) is 0 Å². The number of hydrogen-bond donors (Lipinski definition) is 1. The van der Waals surface area contributed by atoms with Gasteiger partial charge in [0.05, 0.1) is 6.20 Å². The molecule has 1 fully saturated rings.